The third kappa shape index (κ3) is 7.84. The highest BCUT2D eigenvalue weighted by atomic mass is 35.5. The van der Waals surface area contributed by atoms with Crippen molar-refractivity contribution < 1.29 is 28.6 Å². The Labute approximate surface area is 218 Å². The molecule has 1 heterocycles. The van der Waals surface area contributed by atoms with E-state index in [1.54, 1.807) is 24.3 Å². The molecule has 0 aromatic heterocycles. The van der Waals surface area contributed by atoms with Crippen LogP contribution in [-0.4, -0.2) is 56.9 Å². The summed E-state index contributed by atoms with van der Waals surface area (Å²) in [5, 5.41) is 9.66. The van der Waals surface area contributed by atoms with E-state index in [9.17, 15) is 14.4 Å². The monoisotopic (exact) mass is 536 g/mol. The normalized spacial score (nSPS) is 14.9. The Morgan fingerprint density at radius 1 is 1.17 bits per heavy atom. The second-order valence-electron chi connectivity index (χ2n) is 7.88. The minimum atomic E-state index is -0.914. The zero-order chi connectivity index (χ0) is 26.1. The highest BCUT2D eigenvalue weighted by Gasteiger charge is 2.19. The van der Waals surface area contributed by atoms with Gasteiger partial charge in [0, 0.05) is 23.9 Å². The van der Waals surface area contributed by atoms with Gasteiger partial charge in [0.25, 0.3) is 5.91 Å². The summed E-state index contributed by atoms with van der Waals surface area (Å²) in [6, 6.07) is 8.21. The predicted molar refractivity (Wildman–Crippen MR) is 136 cm³/mol. The molecule has 3 amide bonds. The number of nitrogens with zero attached hydrogens (tertiary/aromatic N) is 1. The molecular formula is C24H26Cl2N4O6. The fourth-order valence-corrected chi connectivity index (χ4v) is 3.72. The highest BCUT2D eigenvalue weighted by molar-refractivity contribution is 6.35. The smallest absolute Gasteiger partial charge is 0.329 e. The molecule has 0 radical (unpaired) electrons. The lowest BCUT2D eigenvalue weighted by Crippen LogP contribution is -2.41. The molecular weight excluding hydrogens is 511 g/mol. The Bertz CT molecular complexity index is 1150. The molecule has 1 aliphatic rings. The molecule has 0 saturated carbocycles. The molecule has 0 aliphatic carbocycles. The molecule has 2 aromatic carbocycles. The second-order valence-corrected chi connectivity index (χ2v) is 8.69. The summed E-state index contributed by atoms with van der Waals surface area (Å²) < 4.78 is 16.3. The number of carbonyl (C=O) groups is 3. The topological polar surface area (TPSA) is 127 Å². The van der Waals surface area contributed by atoms with Crippen LogP contribution in [0.5, 0.6) is 11.5 Å². The summed E-state index contributed by atoms with van der Waals surface area (Å²) in [7, 11) is 1.41. The van der Waals surface area contributed by atoms with Crippen molar-refractivity contribution in [2.45, 2.75) is 25.9 Å². The number of methoxy groups -OCH3 is 1. The number of benzene rings is 2. The van der Waals surface area contributed by atoms with Crippen molar-refractivity contribution in [3.8, 4) is 11.5 Å². The summed E-state index contributed by atoms with van der Waals surface area (Å²) >= 11 is 12.4. The maximum absolute atomic E-state index is 12.3. The number of rotatable bonds is 9. The van der Waals surface area contributed by atoms with E-state index in [1.165, 1.54) is 19.4 Å². The third-order valence-corrected chi connectivity index (χ3v) is 5.84. The average molecular weight is 537 g/mol. The Morgan fingerprint density at radius 3 is 2.67 bits per heavy atom. The van der Waals surface area contributed by atoms with Gasteiger partial charge < -0.3 is 24.8 Å². The Balaban J connectivity index is 1.53. The molecule has 36 heavy (non-hydrogen) atoms. The number of halogens is 2. The second kappa shape index (κ2) is 13.1. The van der Waals surface area contributed by atoms with Gasteiger partial charge in [-0.1, -0.05) is 29.3 Å². The molecule has 3 N–H and O–H groups in total. The molecule has 0 unspecified atom stereocenters. The molecule has 1 fully saturated rings. The van der Waals surface area contributed by atoms with Crippen molar-refractivity contribution in [1.82, 2.24) is 10.7 Å². The number of nitrogens with one attached hydrogen (secondary N) is 3. The van der Waals surface area contributed by atoms with E-state index in [0.29, 0.717) is 22.9 Å². The van der Waals surface area contributed by atoms with Crippen LogP contribution in [0.15, 0.2) is 35.4 Å². The van der Waals surface area contributed by atoms with Gasteiger partial charge in [-0.3, -0.25) is 14.4 Å². The van der Waals surface area contributed by atoms with E-state index in [1.807, 2.05) is 6.92 Å². The maximum Gasteiger partial charge on any atom is 0.329 e. The summed E-state index contributed by atoms with van der Waals surface area (Å²) in [6.45, 7) is 2.45. The van der Waals surface area contributed by atoms with Crippen molar-refractivity contribution in [3.05, 3.63) is 51.5 Å². The van der Waals surface area contributed by atoms with Crippen LogP contribution in [0.3, 0.4) is 0 Å². The Hall–Kier alpha value is -3.34. The summed E-state index contributed by atoms with van der Waals surface area (Å²) in [5.74, 6) is -1.74. The minimum Gasteiger partial charge on any atom is -0.493 e. The first-order valence-electron chi connectivity index (χ1n) is 11.1. The van der Waals surface area contributed by atoms with Crippen molar-refractivity contribution in [1.29, 1.82) is 0 Å². The molecule has 1 aliphatic heterocycles. The van der Waals surface area contributed by atoms with Crippen molar-refractivity contribution in [3.63, 3.8) is 0 Å². The molecule has 12 heteroatoms. The Kier molecular flexibility index (Phi) is 9.92. The number of carbonyl (C=O) groups excluding carboxylic acids is 3. The molecule has 0 bridgehead atoms. The lowest BCUT2D eigenvalue weighted by atomic mass is 10.2. The quantitative estimate of drug-likeness (QED) is 0.256. The molecule has 1 atom stereocenters. The van der Waals surface area contributed by atoms with E-state index in [4.69, 9.17) is 37.4 Å². The predicted octanol–water partition coefficient (Wildman–Crippen LogP) is 3.07. The first-order valence-corrected chi connectivity index (χ1v) is 11.8. The van der Waals surface area contributed by atoms with Gasteiger partial charge >= 0.3 is 11.8 Å². The summed E-state index contributed by atoms with van der Waals surface area (Å²) in [6.07, 6.45) is 2.99. The third-order valence-electron chi connectivity index (χ3n) is 5.16. The molecule has 0 spiro atoms. The van der Waals surface area contributed by atoms with Gasteiger partial charge in [0.1, 0.15) is 0 Å². The minimum absolute atomic E-state index is 0.0761. The van der Waals surface area contributed by atoms with Gasteiger partial charge in [-0.2, -0.15) is 5.10 Å². The van der Waals surface area contributed by atoms with Gasteiger partial charge in [0.05, 0.1) is 24.5 Å². The molecule has 2 aromatic rings. The van der Waals surface area contributed by atoms with E-state index >= 15 is 0 Å². The van der Waals surface area contributed by atoms with Crippen LogP contribution in [0.1, 0.15) is 24.0 Å². The van der Waals surface area contributed by atoms with Crippen LogP contribution in [0.4, 0.5) is 5.69 Å². The lowest BCUT2D eigenvalue weighted by molar-refractivity contribution is -0.139. The van der Waals surface area contributed by atoms with Crippen molar-refractivity contribution in [2.75, 3.05) is 32.2 Å². The maximum atomic E-state index is 12.3. The van der Waals surface area contributed by atoms with Crippen LogP contribution in [0, 0.1) is 6.92 Å². The fourth-order valence-electron chi connectivity index (χ4n) is 3.27. The van der Waals surface area contributed by atoms with Crippen molar-refractivity contribution in [2.24, 2.45) is 5.10 Å². The molecule has 1 saturated heterocycles. The number of hydrogen-bond donors (Lipinski definition) is 3. The molecule has 192 valence electrons. The highest BCUT2D eigenvalue weighted by Crippen LogP contribution is 2.36. The van der Waals surface area contributed by atoms with Crippen LogP contribution in [-0.2, 0) is 19.1 Å². The first kappa shape index (κ1) is 27.3. The number of ether oxygens (including phenoxy) is 3. The van der Waals surface area contributed by atoms with Gasteiger partial charge in [0.2, 0.25) is 0 Å². The lowest BCUT2D eigenvalue weighted by Gasteiger charge is -2.13. The van der Waals surface area contributed by atoms with E-state index in [0.717, 1.165) is 18.4 Å². The van der Waals surface area contributed by atoms with Gasteiger partial charge in [0.15, 0.2) is 18.1 Å². The Morgan fingerprint density at radius 2 is 1.97 bits per heavy atom. The average Bonchev–Trinajstić information content (AvgIpc) is 3.37. The first-order chi connectivity index (χ1) is 17.3. The van der Waals surface area contributed by atoms with E-state index < -0.39 is 17.7 Å². The van der Waals surface area contributed by atoms with Crippen LogP contribution >= 0.6 is 23.2 Å². The van der Waals surface area contributed by atoms with Gasteiger partial charge in [-0.05, 0) is 55.2 Å². The number of anilines is 1. The largest absolute Gasteiger partial charge is 0.493 e. The molecule has 3 rings (SSSR count). The number of amides is 3. The summed E-state index contributed by atoms with van der Waals surface area (Å²) in [5.41, 5.74) is 4.04. The van der Waals surface area contributed by atoms with Crippen LogP contribution < -0.4 is 25.5 Å². The standard InChI is InChI=1S/C24H26Cl2N4O6/c1-14-5-6-16(10-18(14)25)29-21(31)13-36-22-19(26)8-15(9-20(22)34-2)11-28-30-24(33)23(32)27-12-17-4-3-7-35-17/h5-6,8-11,17H,3-4,7,12-13H2,1-2H3,(H,27,32)(H,29,31)(H,30,33)/b28-11-/t17-/m1/s1. The zero-order valence-corrected chi connectivity index (χ0v) is 21.2. The zero-order valence-electron chi connectivity index (χ0n) is 19.7. The number of hydrazone groups is 1. The number of aryl methyl sites for hydroxylation is 1. The van der Waals surface area contributed by atoms with Gasteiger partial charge in [-0.25, -0.2) is 5.43 Å². The molecule has 10 nitrogen and oxygen atoms in total. The van der Waals surface area contributed by atoms with E-state index in [-0.39, 0.29) is 35.8 Å². The number of hydrogen-bond acceptors (Lipinski definition) is 7. The van der Waals surface area contributed by atoms with Crippen LogP contribution in [0.25, 0.3) is 0 Å². The fraction of sp³-hybridized carbons (Fsp3) is 0.333. The van der Waals surface area contributed by atoms with Crippen LogP contribution in [0.2, 0.25) is 10.0 Å². The van der Waals surface area contributed by atoms with Gasteiger partial charge in [-0.15, -0.1) is 0 Å². The SMILES string of the molecule is COc1cc(/C=N\NC(=O)C(=O)NC[C@H]2CCCO2)cc(Cl)c1OCC(=O)Nc1ccc(C)c(Cl)c1. The van der Waals surface area contributed by atoms with E-state index in [2.05, 4.69) is 21.2 Å². The summed E-state index contributed by atoms with van der Waals surface area (Å²) in [4.78, 5) is 36.0. The van der Waals surface area contributed by atoms with Crippen molar-refractivity contribution >= 4 is 52.8 Å².